The van der Waals surface area contributed by atoms with Gasteiger partial charge >= 0.3 is 0 Å². The molecular formula is C27H23ClINO2. The van der Waals surface area contributed by atoms with Gasteiger partial charge in [0.25, 0.3) is 0 Å². The first kappa shape index (κ1) is 22.6. The lowest BCUT2D eigenvalue weighted by Gasteiger charge is -2.15. The Bertz CT molecular complexity index is 1280. The van der Waals surface area contributed by atoms with E-state index in [2.05, 4.69) is 64.0 Å². The van der Waals surface area contributed by atoms with Crippen molar-refractivity contribution in [2.24, 2.45) is 4.99 Å². The maximum Gasteiger partial charge on any atom is 0.175 e. The van der Waals surface area contributed by atoms with Gasteiger partial charge < -0.3 is 9.47 Å². The van der Waals surface area contributed by atoms with Crippen LogP contribution in [0.5, 0.6) is 11.5 Å². The summed E-state index contributed by atoms with van der Waals surface area (Å²) in [4.78, 5) is 4.63. The lowest BCUT2D eigenvalue weighted by molar-refractivity contribution is 0.268. The number of halogens is 2. The summed E-state index contributed by atoms with van der Waals surface area (Å²) in [5.41, 5.74) is 3.89. The number of rotatable bonds is 7. The molecule has 0 amide bonds. The van der Waals surface area contributed by atoms with Crippen LogP contribution in [-0.4, -0.2) is 12.8 Å². The van der Waals surface area contributed by atoms with Crippen LogP contribution in [0.25, 0.3) is 10.8 Å². The second-order valence-corrected chi connectivity index (χ2v) is 8.90. The number of ether oxygens (including phenoxy) is 2. The summed E-state index contributed by atoms with van der Waals surface area (Å²) >= 11 is 8.51. The van der Waals surface area contributed by atoms with E-state index in [1.165, 1.54) is 10.8 Å². The Kier molecular flexibility index (Phi) is 7.33. The second kappa shape index (κ2) is 10.4. The third kappa shape index (κ3) is 5.08. The van der Waals surface area contributed by atoms with Crippen LogP contribution in [0.2, 0.25) is 5.02 Å². The molecule has 0 saturated heterocycles. The van der Waals surface area contributed by atoms with Crippen LogP contribution < -0.4 is 9.47 Å². The molecule has 5 heteroatoms. The van der Waals surface area contributed by atoms with Crippen LogP contribution in [-0.2, 0) is 6.61 Å². The molecule has 0 heterocycles. The summed E-state index contributed by atoms with van der Waals surface area (Å²) < 4.78 is 13.2. The van der Waals surface area contributed by atoms with E-state index < -0.39 is 0 Å². The molecule has 3 nitrogen and oxygen atoms in total. The van der Waals surface area contributed by atoms with Crippen LogP contribution in [0.15, 0.2) is 77.8 Å². The van der Waals surface area contributed by atoms with E-state index in [9.17, 15) is 0 Å². The maximum atomic E-state index is 6.27. The molecule has 0 radical (unpaired) electrons. The Balaban J connectivity index is 1.61. The van der Waals surface area contributed by atoms with Gasteiger partial charge in [-0.15, -0.1) is 0 Å². The van der Waals surface area contributed by atoms with Crippen LogP contribution in [0.3, 0.4) is 0 Å². The molecule has 0 aliphatic rings. The van der Waals surface area contributed by atoms with Crippen LogP contribution in [0.4, 0.5) is 5.69 Å². The van der Waals surface area contributed by atoms with E-state index in [4.69, 9.17) is 21.1 Å². The number of benzene rings is 4. The van der Waals surface area contributed by atoms with Crippen LogP contribution in [0.1, 0.15) is 23.6 Å². The van der Waals surface area contributed by atoms with Crippen molar-refractivity contribution in [1.82, 2.24) is 0 Å². The zero-order valence-corrected chi connectivity index (χ0v) is 20.9. The number of nitrogens with zero attached hydrogens (tertiary/aromatic N) is 1. The van der Waals surface area contributed by atoms with E-state index in [0.29, 0.717) is 24.0 Å². The monoisotopic (exact) mass is 555 g/mol. The van der Waals surface area contributed by atoms with E-state index in [-0.39, 0.29) is 0 Å². The van der Waals surface area contributed by atoms with Gasteiger partial charge in [0.15, 0.2) is 11.5 Å². The van der Waals surface area contributed by atoms with Crippen LogP contribution >= 0.6 is 34.2 Å². The molecule has 162 valence electrons. The molecule has 0 aliphatic carbocycles. The second-order valence-electron chi connectivity index (χ2n) is 7.33. The standard InChI is InChI=1S/C27H23ClINO2/c1-3-31-26-15-19(16-30-25-13-7-12-23(28)18(25)2)14-24(29)27(26)32-17-21-10-6-9-20-8-4-5-11-22(20)21/h4-16H,3,17H2,1-2H3. The lowest BCUT2D eigenvalue weighted by atomic mass is 10.1. The SMILES string of the molecule is CCOc1cc(C=Nc2cccc(Cl)c2C)cc(I)c1OCc1cccc2ccccc12. The molecule has 4 aromatic carbocycles. The number of fused-ring (bicyclic) bond motifs is 1. The fourth-order valence-corrected chi connectivity index (χ4v) is 4.46. The van der Waals surface area contributed by atoms with Gasteiger partial charge in [-0.3, -0.25) is 4.99 Å². The third-order valence-corrected chi connectivity index (χ3v) is 6.39. The molecular weight excluding hydrogens is 533 g/mol. The van der Waals surface area contributed by atoms with Crippen molar-refractivity contribution in [3.63, 3.8) is 0 Å². The average Bonchev–Trinajstić information content (AvgIpc) is 2.80. The fraction of sp³-hybridized carbons (Fsp3) is 0.148. The quantitative estimate of drug-likeness (QED) is 0.170. The summed E-state index contributed by atoms with van der Waals surface area (Å²) in [6.45, 7) is 4.95. The smallest absolute Gasteiger partial charge is 0.175 e. The minimum absolute atomic E-state index is 0.465. The minimum atomic E-state index is 0.465. The Morgan fingerprint density at radius 3 is 2.59 bits per heavy atom. The van der Waals surface area contributed by atoms with Crippen molar-refractivity contribution in [3.05, 3.63) is 98.1 Å². The molecule has 0 spiro atoms. The molecule has 0 unspecified atom stereocenters. The van der Waals surface area contributed by atoms with Crippen molar-refractivity contribution in [2.75, 3.05) is 6.61 Å². The first-order valence-electron chi connectivity index (χ1n) is 10.4. The van der Waals surface area contributed by atoms with Crippen molar-refractivity contribution >= 4 is 56.9 Å². The first-order valence-corrected chi connectivity index (χ1v) is 11.9. The van der Waals surface area contributed by atoms with E-state index >= 15 is 0 Å². The van der Waals surface area contributed by atoms with Gasteiger partial charge in [-0.25, -0.2) is 0 Å². The molecule has 0 N–H and O–H groups in total. The van der Waals surface area contributed by atoms with Gasteiger partial charge in [0, 0.05) is 11.2 Å². The summed E-state index contributed by atoms with van der Waals surface area (Å²) in [5, 5.41) is 3.11. The molecule has 0 aromatic heterocycles. The number of hydrogen-bond acceptors (Lipinski definition) is 3. The van der Waals surface area contributed by atoms with Crippen molar-refractivity contribution in [2.45, 2.75) is 20.5 Å². The molecule has 4 rings (SSSR count). The Labute approximate surface area is 207 Å². The largest absolute Gasteiger partial charge is 0.490 e. The number of aliphatic imine (C=N–C) groups is 1. The predicted octanol–water partition coefficient (Wildman–Crippen LogP) is 8.13. The zero-order valence-electron chi connectivity index (χ0n) is 17.9. The normalized spacial score (nSPS) is 11.2. The molecule has 0 fully saturated rings. The predicted molar refractivity (Wildman–Crippen MR) is 142 cm³/mol. The van der Waals surface area contributed by atoms with E-state index in [0.717, 1.165) is 31.7 Å². The third-order valence-electron chi connectivity index (χ3n) is 5.18. The highest BCUT2D eigenvalue weighted by Gasteiger charge is 2.13. The highest BCUT2D eigenvalue weighted by Crippen LogP contribution is 2.35. The number of hydrogen-bond donors (Lipinski definition) is 0. The summed E-state index contributed by atoms with van der Waals surface area (Å²) in [6, 6.07) is 24.4. The Morgan fingerprint density at radius 1 is 0.969 bits per heavy atom. The van der Waals surface area contributed by atoms with Gasteiger partial charge in [-0.1, -0.05) is 60.1 Å². The highest BCUT2D eigenvalue weighted by atomic mass is 127. The first-order chi connectivity index (χ1) is 15.6. The molecule has 32 heavy (non-hydrogen) atoms. The Morgan fingerprint density at radius 2 is 1.75 bits per heavy atom. The summed E-state index contributed by atoms with van der Waals surface area (Å²) in [6.07, 6.45) is 1.83. The molecule has 0 bridgehead atoms. The van der Waals surface area contributed by atoms with Crippen molar-refractivity contribution in [1.29, 1.82) is 0 Å². The van der Waals surface area contributed by atoms with Gasteiger partial charge in [-0.05, 0) is 88.2 Å². The summed E-state index contributed by atoms with van der Waals surface area (Å²) in [7, 11) is 0. The molecule has 0 aliphatic heterocycles. The van der Waals surface area contributed by atoms with Crippen molar-refractivity contribution < 1.29 is 9.47 Å². The molecule has 0 atom stereocenters. The van der Waals surface area contributed by atoms with Crippen LogP contribution in [0, 0.1) is 10.5 Å². The van der Waals surface area contributed by atoms with Gasteiger partial charge in [-0.2, -0.15) is 0 Å². The van der Waals surface area contributed by atoms with Gasteiger partial charge in [0.05, 0.1) is 15.9 Å². The minimum Gasteiger partial charge on any atom is -0.490 e. The molecule has 4 aromatic rings. The highest BCUT2D eigenvalue weighted by molar-refractivity contribution is 14.1. The maximum absolute atomic E-state index is 6.27. The van der Waals surface area contributed by atoms with E-state index in [1.54, 1.807) is 0 Å². The topological polar surface area (TPSA) is 30.8 Å². The Hall–Kier alpha value is -2.57. The molecule has 0 saturated carbocycles. The summed E-state index contributed by atoms with van der Waals surface area (Å²) in [5.74, 6) is 1.46. The van der Waals surface area contributed by atoms with E-state index in [1.807, 2.05) is 56.5 Å². The van der Waals surface area contributed by atoms with Gasteiger partial charge in [0.1, 0.15) is 6.61 Å². The lowest BCUT2D eigenvalue weighted by Crippen LogP contribution is -2.03. The zero-order chi connectivity index (χ0) is 22.5. The average molecular weight is 556 g/mol. The van der Waals surface area contributed by atoms with Crippen molar-refractivity contribution in [3.8, 4) is 11.5 Å². The fourth-order valence-electron chi connectivity index (χ4n) is 3.51. The van der Waals surface area contributed by atoms with Gasteiger partial charge in [0.2, 0.25) is 0 Å².